The van der Waals surface area contributed by atoms with Gasteiger partial charge in [-0.25, -0.2) is 4.98 Å². The molecule has 1 aromatic heterocycles. The van der Waals surface area contributed by atoms with Crippen LogP contribution in [0.1, 0.15) is 36.9 Å². The first-order valence-corrected chi connectivity index (χ1v) is 9.14. The number of carbonyl (C=O) groups excluding carboxylic acids is 1. The number of pyridine rings is 1. The summed E-state index contributed by atoms with van der Waals surface area (Å²) in [4.78, 5) is 16.6. The SMILES string of the molecule is Cc1cc(NC(C)c2ccc(NC(=O)C3CC3)cc2)nc2ccccc12. The molecule has 1 aliphatic carbocycles. The van der Waals surface area contributed by atoms with E-state index in [2.05, 4.69) is 36.6 Å². The van der Waals surface area contributed by atoms with Crippen LogP contribution in [-0.4, -0.2) is 10.9 Å². The first-order valence-electron chi connectivity index (χ1n) is 9.14. The Balaban J connectivity index is 1.47. The quantitative estimate of drug-likeness (QED) is 0.679. The normalized spacial score (nSPS) is 14.8. The molecule has 4 heteroatoms. The van der Waals surface area contributed by atoms with Crippen molar-refractivity contribution in [2.24, 2.45) is 5.92 Å². The molecule has 1 heterocycles. The lowest BCUT2D eigenvalue weighted by Crippen LogP contribution is -2.13. The fourth-order valence-corrected chi connectivity index (χ4v) is 3.17. The van der Waals surface area contributed by atoms with Crippen molar-refractivity contribution in [2.45, 2.75) is 32.7 Å². The summed E-state index contributed by atoms with van der Waals surface area (Å²) in [6.07, 6.45) is 2.03. The van der Waals surface area contributed by atoms with E-state index in [-0.39, 0.29) is 17.9 Å². The Morgan fingerprint density at radius 1 is 1.12 bits per heavy atom. The smallest absolute Gasteiger partial charge is 0.227 e. The van der Waals surface area contributed by atoms with E-state index in [1.54, 1.807) is 0 Å². The van der Waals surface area contributed by atoms with Gasteiger partial charge in [0.2, 0.25) is 5.91 Å². The van der Waals surface area contributed by atoms with Crippen molar-refractivity contribution in [3.63, 3.8) is 0 Å². The number of anilines is 2. The summed E-state index contributed by atoms with van der Waals surface area (Å²) < 4.78 is 0. The molecule has 0 saturated heterocycles. The van der Waals surface area contributed by atoms with Crippen molar-refractivity contribution in [1.82, 2.24) is 4.98 Å². The van der Waals surface area contributed by atoms with Gasteiger partial charge in [0.15, 0.2) is 0 Å². The molecule has 1 unspecified atom stereocenters. The van der Waals surface area contributed by atoms with Crippen LogP contribution in [0.5, 0.6) is 0 Å². The van der Waals surface area contributed by atoms with Crippen LogP contribution in [0.4, 0.5) is 11.5 Å². The molecular formula is C22H23N3O. The molecule has 4 nitrogen and oxygen atoms in total. The Kier molecular flexibility index (Phi) is 4.33. The zero-order valence-electron chi connectivity index (χ0n) is 15.1. The highest BCUT2D eigenvalue weighted by atomic mass is 16.2. The summed E-state index contributed by atoms with van der Waals surface area (Å²) in [5.74, 6) is 1.23. The highest BCUT2D eigenvalue weighted by Gasteiger charge is 2.29. The number of hydrogen-bond donors (Lipinski definition) is 2. The third kappa shape index (κ3) is 3.54. The van der Waals surface area contributed by atoms with Crippen molar-refractivity contribution in [3.05, 3.63) is 65.7 Å². The molecule has 1 amide bonds. The molecule has 2 aromatic carbocycles. The van der Waals surface area contributed by atoms with Gasteiger partial charge in [-0.15, -0.1) is 0 Å². The molecule has 4 rings (SSSR count). The number of rotatable bonds is 5. The average molecular weight is 345 g/mol. The van der Waals surface area contributed by atoms with Crippen LogP contribution in [0.2, 0.25) is 0 Å². The third-order valence-electron chi connectivity index (χ3n) is 4.91. The monoisotopic (exact) mass is 345 g/mol. The molecule has 1 fully saturated rings. The van der Waals surface area contributed by atoms with Gasteiger partial charge in [0.05, 0.1) is 5.52 Å². The van der Waals surface area contributed by atoms with Gasteiger partial charge in [-0.2, -0.15) is 0 Å². The number of fused-ring (bicyclic) bond motifs is 1. The van der Waals surface area contributed by atoms with Gasteiger partial charge in [-0.1, -0.05) is 30.3 Å². The number of aromatic nitrogens is 1. The van der Waals surface area contributed by atoms with Gasteiger partial charge < -0.3 is 10.6 Å². The van der Waals surface area contributed by atoms with E-state index >= 15 is 0 Å². The lowest BCUT2D eigenvalue weighted by Gasteiger charge is -2.17. The first-order chi connectivity index (χ1) is 12.6. The van der Waals surface area contributed by atoms with Crippen LogP contribution in [0.15, 0.2) is 54.6 Å². The maximum Gasteiger partial charge on any atom is 0.227 e. The van der Waals surface area contributed by atoms with E-state index in [1.165, 1.54) is 10.9 Å². The largest absolute Gasteiger partial charge is 0.364 e. The minimum absolute atomic E-state index is 0.122. The third-order valence-corrected chi connectivity index (χ3v) is 4.91. The van der Waals surface area contributed by atoms with Crippen LogP contribution in [-0.2, 0) is 4.79 Å². The summed E-state index contributed by atoms with van der Waals surface area (Å²) in [6, 6.07) is 18.4. The van der Waals surface area contributed by atoms with Crippen molar-refractivity contribution in [1.29, 1.82) is 0 Å². The molecule has 0 bridgehead atoms. The van der Waals surface area contributed by atoms with Crippen molar-refractivity contribution < 1.29 is 4.79 Å². The Morgan fingerprint density at radius 3 is 2.58 bits per heavy atom. The summed E-state index contributed by atoms with van der Waals surface area (Å²) in [5.41, 5.74) is 4.23. The predicted molar refractivity (Wildman–Crippen MR) is 106 cm³/mol. The van der Waals surface area contributed by atoms with Gasteiger partial charge in [-0.3, -0.25) is 4.79 Å². The summed E-state index contributed by atoms with van der Waals surface area (Å²) in [6.45, 7) is 4.22. The Bertz CT molecular complexity index is 945. The fraction of sp³-hybridized carbons (Fsp3) is 0.273. The van der Waals surface area contributed by atoms with Gasteiger partial charge >= 0.3 is 0 Å². The van der Waals surface area contributed by atoms with Gasteiger partial charge in [-0.05, 0) is 62.1 Å². The number of nitrogens with one attached hydrogen (secondary N) is 2. The molecule has 1 atom stereocenters. The molecule has 0 spiro atoms. The second-order valence-corrected chi connectivity index (χ2v) is 7.09. The molecule has 0 aliphatic heterocycles. The zero-order valence-corrected chi connectivity index (χ0v) is 15.1. The van der Waals surface area contributed by atoms with Crippen molar-refractivity contribution in [3.8, 4) is 0 Å². The topological polar surface area (TPSA) is 54.0 Å². The lowest BCUT2D eigenvalue weighted by atomic mass is 10.1. The van der Waals surface area contributed by atoms with E-state index in [9.17, 15) is 4.79 Å². The average Bonchev–Trinajstić information content (AvgIpc) is 3.47. The molecule has 1 saturated carbocycles. The molecule has 3 aromatic rings. The predicted octanol–water partition coefficient (Wildman–Crippen LogP) is 5.06. The number of aryl methyl sites for hydroxylation is 1. The minimum atomic E-state index is 0.122. The Morgan fingerprint density at radius 2 is 1.85 bits per heavy atom. The molecule has 0 radical (unpaired) electrons. The minimum Gasteiger partial charge on any atom is -0.364 e. The summed E-state index contributed by atoms with van der Waals surface area (Å²) >= 11 is 0. The maximum absolute atomic E-state index is 11.8. The van der Waals surface area contributed by atoms with Crippen LogP contribution in [0.3, 0.4) is 0 Å². The van der Waals surface area contributed by atoms with E-state index in [0.29, 0.717) is 0 Å². The van der Waals surface area contributed by atoms with E-state index < -0.39 is 0 Å². The molecule has 2 N–H and O–H groups in total. The summed E-state index contributed by atoms with van der Waals surface area (Å²) in [5, 5.41) is 7.64. The van der Waals surface area contributed by atoms with Crippen LogP contribution in [0, 0.1) is 12.8 Å². The lowest BCUT2D eigenvalue weighted by molar-refractivity contribution is -0.117. The van der Waals surface area contributed by atoms with Crippen molar-refractivity contribution in [2.75, 3.05) is 10.6 Å². The number of benzene rings is 2. The number of hydrogen-bond acceptors (Lipinski definition) is 3. The Hall–Kier alpha value is -2.88. The molecule has 1 aliphatic rings. The highest BCUT2D eigenvalue weighted by Crippen LogP contribution is 2.30. The van der Waals surface area contributed by atoms with Crippen molar-refractivity contribution >= 4 is 28.3 Å². The van der Waals surface area contributed by atoms with Gasteiger partial charge in [0.1, 0.15) is 5.82 Å². The number of para-hydroxylation sites is 1. The van der Waals surface area contributed by atoms with Crippen LogP contribution >= 0.6 is 0 Å². The second kappa shape index (κ2) is 6.79. The van der Waals surface area contributed by atoms with E-state index in [1.807, 2.05) is 42.5 Å². The summed E-state index contributed by atoms with van der Waals surface area (Å²) in [7, 11) is 0. The number of amides is 1. The zero-order chi connectivity index (χ0) is 18.1. The number of carbonyl (C=O) groups is 1. The standard InChI is InChI=1S/C22H23N3O/c1-14-13-21(25-20-6-4-3-5-19(14)20)23-15(2)16-9-11-18(12-10-16)24-22(26)17-7-8-17/h3-6,9-13,15,17H,7-8H2,1-2H3,(H,23,25)(H,24,26). The van der Waals surface area contributed by atoms with Crippen LogP contribution < -0.4 is 10.6 Å². The Labute approximate surface area is 153 Å². The van der Waals surface area contributed by atoms with E-state index in [0.717, 1.165) is 35.4 Å². The molecular weight excluding hydrogens is 322 g/mol. The molecule has 132 valence electrons. The second-order valence-electron chi connectivity index (χ2n) is 7.09. The number of nitrogens with zero attached hydrogens (tertiary/aromatic N) is 1. The maximum atomic E-state index is 11.8. The molecule has 26 heavy (non-hydrogen) atoms. The van der Waals surface area contributed by atoms with Gasteiger partial charge in [0.25, 0.3) is 0 Å². The van der Waals surface area contributed by atoms with Crippen LogP contribution in [0.25, 0.3) is 10.9 Å². The first kappa shape index (κ1) is 16.6. The highest BCUT2D eigenvalue weighted by molar-refractivity contribution is 5.94. The fourth-order valence-electron chi connectivity index (χ4n) is 3.17. The van der Waals surface area contributed by atoms with E-state index in [4.69, 9.17) is 4.98 Å². The van der Waals surface area contributed by atoms with Gasteiger partial charge in [0, 0.05) is 23.0 Å².